The van der Waals surface area contributed by atoms with Crippen molar-refractivity contribution in [3.8, 4) is 0 Å². The second-order valence-electron chi connectivity index (χ2n) is 10.2. The number of aromatic amines is 1. The first-order valence-electron chi connectivity index (χ1n) is 12.4. The Bertz CT molecular complexity index is 1310. The summed E-state index contributed by atoms with van der Waals surface area (Å²) in [6, 6.07) is 12.9. The lowest BCUT2D eigenvalue weighted by Gasteiger charge is -2.34. The number of benzene rings is 2. The van der Waals surface area contributed by atoms with E-state index in [-0.39, 0.29) is 11.9 Å². The van der Waals surface area contributed by atoms with E-state index in [4.69, 9.17) is 11.6 Å². The molecule has 9 nitrogen and oxygen atoms in total. The Hall–Kier alpha value is -3.56. The highest BCUT2D eigenvalue weighted by molar-refractivity contribution is 6.33. The molecule has 0 atom stereocenters. The number of hydrogen-bond donors (Lipinski definition) is 3. The van der Waals surface area contributed by atoms with Crippen molar-refractivity contribution in [1.82, 2.24) is 20.0 Å². The van der Waals surface area contributed by atoms with Gasteiger partial charge in [0.05, 0.1) is 28.5 Å². The lowest BCUT2D eigenvalue weighted by molar-refractivity contribution is 0.102. The highest BCUT2D eigenvalue weighted by atomic mass is 35.5. The fraction of sp³-hybridized carbons (Fsp3) is 0.370. The van der Waals surface area contributed by atoms with Crippen molar-refractivity contribution in [3.63, 3.8) is 0 Å². The minimum Gasteiger partial charge on any atom is -0.369 e. The first-order valence-corrected chi connectivity index (χ1v) is 12.8. The number of nitrogens with one attached hydrogen (secondary N) is 3. The van der Waals surface area contributed by atoms with Gasteiger partial charge < -0.3 is 25.3 Å². The quantitative estimate of drug-likeness (QED) is 0.464. The number of piperazine rings is 1. The molecule has 0 unspecified atom stereocenters. The van der Waals surface area contributed by atoms with Crippen molar-refractivity contribution in [2.24, 2.45) is 0 Å². The van der Waals surface area contributed by atoms with Gasteiger partial charge >= 0.3 is 6.03 Å². The molecule has 0 radical (unpaired) electrons. The van der Waals surface area contributed by atoms with Gasteiger partial charge in [0.15, 0.2) is 5.82 Å². The van der Waals surface area contributed by atoms with E-state index in [1.807, 2.05) is 57.2 Å². The number of rotatable bonds is 4. The molecule has 3 amide bonds. The van der Waals surface area contributed by atoms with Crippen molar-refractivity contribution in [2.45, 2.75) is 32.9 Å². The minimum atomic E-state index is -0.658. The van der Waals surface area contributed by atoms with Crippen LogP contribution in [0.3, 0.4) is 0 Å². The summed E-state index contributed by atoms with van der Waals surface area (Å²) in [4.78, 5) is 32.7. The summed E-state index contributed by atoms with van der Waals surface area (Å²) in [5.41, 5.74) is 4.06. The summed E-state index contributed by atoms with van der Waals surface area (Å²) >= 11 is 6.32. The molecule has 2 aromatic carbocycles. The number of urea groups is 1. The first-order chi connectivity index (χ1) is 17.6. The summed E-state index contributed by atoms with van der Waals surface area (Å²) in [5, 5.41) is 13.8. The molecule has 3 heterocycles. The van der Waals surface area contributed by atoms with E-state index in [1.54, 1.807) is 11.0 Å². The Balaban J connectivity index is 1.28. The Labute approximate surface area is 221 Å². The van der Waals surface area contributed by atoms with Gasteiger partial charge in [-0.2, -0.15) is 5.10 Å². The molecule has 1 aromatic heterocycles. The van der Waals surface area contributed by atoms with Crippen molar-refractivity contribution in [3.05, 3.63) is 69.9 Å². The van der Waals surface area contributed by atoms with Crippen LogP contribution in [0.5, 0.6) is 0 Å². The van der Waals surface area contributed by atoms with Gasteiger partial charge in [-0.3, -0.25) is 9.89 Å². The van der Waals surface area contributed by atoms with Crippen LogP contribution < -0.4 is 15.5 Å². The number of carbonyl (C=O) groups is 2. The van der Waals surface area contributed by atoms with Crippen LogP contribution in [-0.4, -0.2) is 65.2 Å². The number of amides is 3. The van der Waals surface area contributed by atoms with Crippen LogP contribution >= 0.6 is 11.6 Å². The van der Waals surface area contributed by atoms with Crippen LogP contribution in [0.1, 0.15) is 41.0 Å². The first kappa shape index (κ1) is 25.1. The number of hydrogen-bond acceptors (Lipinski definition) is 5. The standard InChI is InChI=1S/C27H32ClN7O2/c1-17-6-5-7-21(28)22(17)29-26(37)35-16-20-23(27(35,2)3)31-32-24(20)30-25(36)18-8-10-19(11-9-18)34-14-12-33(4)13-15-34/h5-11H,12-16H2,1-4H3,(H,29,37)(H2,30,31,32,36). The van der Waals surface area contributed by atoms with Crippen LogP contribution in [0, 0.1) is 6.92 Å². The van der Waals surface area contributed by atoms with E-state index in [1.165, 1.54) is 0 Å². The smallest absolute Gasteiger partial charge is 0.322 e. The molecule has 2 aliphatic rings. The van der Waals surface area contributed by atoms with Gasteiger partial charge in [0.1, 0.15) is 0 Å². The van der Waals surface area contributed by atoms with Gasteiger partial charge in [0.25, 0.3) is 5.91 Å². The lowest BCUT2D eigenvalue weighted by atomic mass is 10.0. The third-order valence-corrected chi connectivity index (χ3v) is 7.71. The fourth-order valence-corrected chi connectivity index (χ4v) is 5.25. The third-order valence-electron chi connectivity index (χ3n) is 7.40. The maximum atomic E-state index is 13.3. The topological polar surface area (TPSA) is 96.6 Å². The highest BCUT2D eigenvalue weighted by Crippen LogP contribution is 2.41. The number of carbonyl (C=O) groups excluding carboxylic acids is 2. The van der Waals surface area contributed by atoms with Gasteiger partial charge in [0.2, 0.25) is 0 Å². The number of nitrogens with zero attached hydrogens (tertiary/aromatic N) is 4. The predicted octanol–water partition coefficient (Wildman–Crippen LogP) is 4.66. The molecule has 194 valence electrons. The van der Waals surface area contributed by atoms with Crippen LogP contribution in [0.15, 0.2) is 42.5 Å². The summed E-state index contributed by atoms with van der Waals surface area (Å²) in [6.45, 7) is 10.1. The molecule has 0 spiro atoms. The van der Waals surface area contributed by atoms with Crippen molar-refractivity contribution in [1.29, 1.82) is 0 Å². The summed E-state index contributed by atoms with van der Waals surface area (Å²) in [5.74, 6) is 0.187. The Kier molecular flexibility index (Phi) is 6.59. The largest absolute Gasteiger partial charge is 0.369 e. The molecule has 0 saturated carbocycles. The van der Waals surface area contributed by atoms with Gasteiger partial charge in [-0.05, 0) is 63.7 Å². The number of H-pyrrole nitrogens is 1. The number of aromatic nitrogens is 2. The Morgan fingerprint density at radius 1 is 1.03 bits per heavy atom. The molecule has 3 aromatic rings. The molecular formula is C27H32ClN7O2. The monoisotopic (exact) mass is 521 g/mol. The third kappa shape index (κ3) is 4.76. The van der Waals surface area contributed by atoms with Gasteiger partial charge in [-0.15, -0.1) is 0 Å². The zero-order chi connectivity index (χ0) is 26.3. The Morgan fingerprint density at radius 3 is 2.41 bits per heavy atom. The molecule has 37 heavy (non-hydrogen) atoms. The molecule has 10 heteroatoms. The number of aryl methyl sites for hydroxylation is 1. The van der Waals surface area contributed by atoms with Gasteiger partial charge in [-0.25, -0.2) is 4.79 Å². The van der Waals surface area contributed by atoms with Crippen LogP contribution in [0.25, 0.3) is 0 Å². The normalized spacial score (nSPS) is 17.0. The van der Waals surface area contributed by atoms with Crippen LogP contribution in [0.2, 0.25) is 5.02 Å². The highest BCUT2D eigenvalue weighted by Gasteiger charge is 2.44. The summed E-state index contributed by atoms with van der Waals surface area (Å²) in [6.07, 6.45) is 0. The van der Waals surface area contributed by atoms with E-state index in [0.717, 1.165) is 48.7 Å². The van der Waals surface area contributed by atoms with Gasteiger partial charge in [0, 0.05) is 43.0 Å². The second kappa shape index (κ2) is 9.72. The molecule has 1 fully saturated rings. The lowest BCUT2D eigenvalue weighted by Crippen LogP contribution is -2.44. The van der Waals surface area contributed by atoms with Crippen molar-refractivity contribution < 1.29 is 9.59 Å². The van der Waals surface area contributed by atoms with E-state index >= 15 is 0 Å². The maximum Gasteiger partial charge on any atom is 0.322 e. The fourth-order valence-electron chi connectivity index (χ4n) is 4.98. The molecule has 2 aliphatic heterocycles. The number of para-hydroxylation sites is 1. The molecule has 5 rings (SSSR count). The van der Waals surface area contributed by atoms with E-state index in [0.29, 0.717) is 28.6 Å². The summed E-state index contributed by atoms with van der Waals surface area (Å²) < 4.78 is 0. The number of likely N-dealkylation sites (N-methyl/N-ethyl adjacent to an activating group) is 1. The zero-order valence-electron chi connectivity index (χ0n) is 21.6. The number of anilines is 3. The molecule has 1 saturated heterocycles. The van der Waals surface area contributed by atoms with Gasteiger partial charge in [-0.1, -0.05) is 23.7 Å². The zero-order valence-corrected chi connectivity index (χ0v) is 22.3. The Morgan fingerprint density at radius 2 is 1.73 bits per heavy atom. The number of fused-ring (bicyclic) bond motifs is 1. The maximum absolute atomic E-state index is 13.3. The molecule has 3 N–H and O–H groups in total. The van der Waals surface area contributed by atoms with E-state index in [9.17, 15) is 9.59 Å². The van der Waals surface area contributed by atoms with E-state index in [2.05, 4.69) is 37.7 Å². The molecular weight excluding hydrogens is 490 g/mol. The van der Waals surface area contributed by atoms with Crippen LogP contribution in [0.4, 0.5) is 22.0 Å². The average Bonchev–Trinajstić information content (AvgIpc) is 3.39. The minimum absolute atomic E-state index is 0.244. The van der Waals surface area contributed by atoms with Crippen LogP contribution in [-0.2, 0) is 12.1 Å². The molecule has 0 aliphatic carbocycles. The number of halogens is 1. The SMILES string of the molecule is Cc1cccc(Cl)c1NC(=O)N1Cc2c(NC(=O)c3ccc(N4CCN(C)CC4)cc3)n[nH]c2C1(C)C. The average molecular weight is 522 g/mol. The summed E-state index contributed by atoms with van der Waals surface area (Å²) in [7, 11) is 2.13. The van der Waals surface area contributed by atoms with Crippen molar-refractivity contribution >= 4 is 40.7 Å². The van der Waals surface area contributed by atoms with Crippen molar-refractivity contribution in [2.75, 3.05) is 48.8 Å². The second-order valence-corrected chi connectivity index (χ2v) is 10.6. The predicted molar refractivity (Wildman–Crippen MR) is 146 cm³/mol. The van der Waals surface area contributed by atoms with E-state index < -0.39 is 5.54 Å². The molecule has 0 bridgehead atoms.